The lowest BCUT2D eigenvalue weighted by atomic mass is 10.2. The molecule has 1 fully saturated rings. The maximum atomic E-state index is 12.2. The smallest absolute Gasteiger partial charge is 0.494 e. The van der Waals surface area contributed by atoms with Gasteiger partial charge < -0.3 is 19.5 Å². The van der Waals surface area contributed by atoms with Gasteiger partial charge in [0.2, 0.25) is 0 Å². The number of pyridine rings is 1. The molecule has 1 saturated heterocycles. The minimum atomic E-state index is -1.42. The van der Waals surface area contributed by atoms with Crippen LogP contribution in [0.25, 0.3) is 21.0 Å². The normalized spacial score (nSPS) is 14.4. The summed E-state index contributed by atoms with van der Waals surface area (Å²) in [5, 5.41) is 13.1. The number of fused-ring (bicyclic) bond motifs is 2. The average Bonchev–Trinajstić information content (AvgIpc) is 3.37. The summed E-state index contributed by atoms with van der Waals surface area (Å²) in [6.07, 6.45) is 0.550. The number of nitrogens with zero attached hydrogens (tertiary/aromatic N) is 3. The number of unbranched alkanes of at least 4 members (excludes halogenated alkanes) is 1. The minimum Gasteiger partial charge on any atom is -0.494 e. The van der Waals surface area contributed by atoms with E-state index in [2.05, 4.69) is 44.2 Å². The van der Waals surface area contributed by atoms with Crippen LogP contribution in [0.15, 0.2) is 64.8 Å². The molecule has 0 atom stereocenters. The molecule has 0 radical (unpaired) electrons. The topological polar surface area (TPSA) is 84.2 Å². The Hall–Kier alpha value is -3.56. The molecular formula is C27H29N3O5S. The number of ether oxygens (including phenoxy) is 2. The lowest BCUT2D eigenvalue weighted by Crippen LogP contribution is -2.46. The van der Waals surface area contributed by atoms with Crippen LogP contribution in [0.5, 0.6) is 5.75 Å². The number of aromatic nitrogens is 1. The highest BCUT2D eigenvalue weighted by atomic mass is 32.1. The van der Waals surface area contributed by atoms with Crippen molar-refractivity contribution in [1.29, 1.82) is 0 Å². The van der Waals surface area contributed by atoms with E-state index in [0.29, 0.717) is 17.9 Å². The number of rotatable bonds is 9. The van der Waals surface area contributed by atoms with Crippen LogP contribution in [-0.4, -0.2) is 60.1 Å². The first-order valence-corrected chi connectivity index (χ1v) is 13.0. The lowest BCUT2D eigenvalue weighted by molar-refractivity contribution is 0.0652. The molecule has 0 spiro atoms. The van der Waals surface area contributed by atoms with Crippen LogP contribution in [0, 0.1) is 0 Å². The Kier molecular flexibility index (Phi) is 7.39. The van der Waals surface area contributed by atoms with Crippen molar-refractivity contribution in [2.45, 2.75) is 19.6 Å². The third-order valence-corrected chi connectivity index (χ3v) is 7.49. The van der Waals surface area contributed by atoms with E-state index in [9.17, 15) is 9.59 Å². The molecule has 0 bridgehead atoms. The van der Waals surface area contributed by atoms with Gasteiger partial charge in [-0.15, -0.1) is 11.3 Å². The molecule has 8 nitrogen and oxygen atoms in total. The van der Waals surface area contributed by atoms with E-state index in [-0.39, 0.29) is 12.3 Å². The first-order valence-electron chi connectivity index (χ1n) is 12.1. The summed E-state index contributed by atoms with van der Waals surface area (Å²) in [6.45, 7) is 5.46. The molecule has 4 aromatic rings. The largest absolute Gasteiger partial charge is 0.507 e. The number of benzene rings is 2. The number of piperazine rings is 1. The van der Waals surface area contributed by atoms with Crippen molar-refractivity contribution in [3.05, 3.63) is 70.3 Å². The second-order valence-corrected chi connectivity index (χ2v) is 9.80. The van der Waals surface area contributed by atoms with E-state index in [0.717, 1.165) is 51.0 Å². The Morgan fingerprint density at radius 1 is 1.00 bits per heavy atom. The lowest BCUT2D eigenvalue weighted by Gasteiger charge is -2.36. The zero-order chi connectivity index (χ0) is 24.9. The molecule has 1 N–H and O–H groups in total. The van der Waals surface area contributed by atoms with Crippen molar-refractivity contribution in [1.82, 2.24) is 9.47 Å². The predicted molar refractivity (Wildman–Crippen MR) is 143 cm³/mol. The van der Waals surface area contributed by atoms with Gasteiger partial charge in [0.25, 0.3) is 5.56 Å². The Bertz CT molecular complexity index is 1410. The Labute approximate surface area is 212 Å². The summed E-state index contributed by atoms with van der Waals surface area (Å²) in [6, 6.07) is 17.4. The average molecular weight is 508 g/mol. The van der Waals surface area contributed by atoms with Crippen LogP contribution in [0.1, 0.15) is 12.8 Å². The molecular weight excluding hydrogens is 478 g/mol. The molecule has 2 aromatic heterocycles. The third kappa shape index (κ3) is 5.47. The molecule has 36 heavy (non-hydrogen) atoms. The highest BCUT2D eigenvalue weighted by Crippen LogP contribution is 2.31. The van der Waals surface area contributed by atoms with Crippen molar-refractivity contribution >= 4 is 44.2 Å². The fourth-order valence-electron chi connectivity index (χ4n) is 4.70. The van der Waals surface area contributed by atoms with Crippen LogP contribution < -0.4 is 15.2 Å². The van der Waals surface area contributed by atoms with Gasteiger partial charge >= 0.3 is 6.16 Å². The second-order valence-electron chi connectivity index (χ2n) is 8.85. The molecule has 5 rings (SSSR count). The summed E-state index contributed by atoms with van der Waals surface area (Å²) in [7, 11) is 0. The van der Waals surface area contributed by atoms with E-state index in [1.54, 1.807) is 23.5 Å². The van der Waals surface area contributed by atoms with Gasteiger partial charge in [-0.1, -0.05) is 6.07 Å². The summed E-state index contributed by atoms with van der Waals surface area (Å²) < 4.78 is 13.2. The number of hydrogen-bond donors (Lipinski definition) is 1. The molecule has 0 amide bonds. The first kappa shape index (κ1) is 24.1. The van der Waals surface area contributed by atoms with Crippen LogP contribution in [0.4, 0.5) is 10.5 Å². The van der Waals surface area contributed by atoms with E-state index in [1.165, 1.54) is 26.4 Å². The second kappa shape index (κ2) is 11.0. The van der Waals surface area contributed by atoms with Crippen LogP contribution in [0.2, 0.25) is 0 Å². The van der Waals surface area contributed by atoms with E-state index in [4.69, 9.17) is 9.84 Å². The van der Waals surface area contributed by atoms with Crippen molar-refractivity contribution in [3.63, 3.8) is 0 Å². The van der Waals surface area contributed by atoms with Crippen molar-refractivity contribution in [2.24, 2.45) is 0 Å². The number of anilines is 1. The van der Waals surface area contributed by atoms with Gasteiger partial charge in [0.05, 0.1) is 12.1 Å². The molecule has 2 aromatic carbocycles. The first-order chi connectivity index (χ1) is 17.6. The van der Waals surface area contributed by atoms with E-state index >= 15 is 0 Å². The SMILES string of the molecule is O=C(O)OCn1c(=O)ccc2ccc(OCCCCN3CCN(c4cccc5sccc45)CC3)cc21. The number of carboxylic acid groups (broad SMARTS) is 1. The monoisotopic (exact) mass is 507 g/mol. The quantitative estimate of drug-likeness (QED) is 0.256. The minimum absolute atomic E-state index is 0.326. The maximum absolute atomic E-state index is 12.2. The van der Waals surface area contributed by atoms with Crippen LogP contribution in [-0.2, 0) is 11.5 Å². The molecule has 0 saturated carbocycles. The Morgan fingerprint density at radius 2 is 1.83 bits per heavy atom. The molecule has 9 heteroatoms. The summed E-state index contributed by atoms with van der Waals surface area (Å²) in [5.41, 5.74) is 1.60. The highest BCUT2D eigenvalue weighted by molar-refractivity contribution is 7.17. The standard InChI is InChI=1S/C27H29N3O5S/c31-26-9-7-20-6-8-21(18-24(20)30(26)19-35-27(32)33)34-16-2-1-11-28-12-14-29(15-13-28)23-4-3-5-25-22(23)10-17-36-25/h3-10,17-18H,1-2,11-16,19H2,(H,32,33). The molecule has 0 unspecified atom stereocenters. The number of thiophene rings is 1. The predicted octanol–water partition coefficient (Wildman–Crippen LogP) is 4.85. The van der Waals surface area contributed by atoms with Gasteiger partial charge in [-0.25, -0.2) is 4.79 Å². The number of carbonyl (C=O) groups is 1. The third-order valence-electron chi connectivity index (χ3n) is 6.60. The van der Waals surface area contributed by atoms with E-state index in [1.807, 2.05) is 12.1 Å². The molecule has 0 aliphatic carbocycles. The Balaban J connectivity index is 1.08. The zero-order valence-corrected chi connectivity index (χ0v) is 20.8. The summed E-state index contributed by atoms with van der Waals surface area (Å²) >= 11 is 1.79. The fraction of sp³-hybridized carbons (Fsp3) is 0.333. The fourth-order valence-corrected chi connectivity index (χ4v) is 5.51. The Morgan fingerprint density at radius 3 is 2.67 bits per heavy atom. The van der Waals surface area contributed by atoms with E-state index < -0.39 is 6.16 Å². The summed E-state index contributed by atoms with van der Waals surface area (Å²) in [5.74, 6) is 0.647. The van der Waals surface area contributed by atoms with Gasteiger partial charge in [-0.3, -0.25) is 14.3 Å². The van der Waals surface area contributed by atoms with Crippen molar-refractivity contribution < 1.29 is 19.4 Å². The molecule has 3 heterocycles. The van der Waals surface area contributed by atoms with Gasteiger partial charge in [0.15, 0.2) is 6.73 Å². The maximum Gasteiger partial charge on any atom is 0.507 e. The molecule has 1 aliphatic heterocycles. The summed E-state index contributed by atoms with van der Waals surface area (Å²) in [4.78, 5) is 28.0. The molecule has 1 aliphatic rings. The van der Waals surface area contributed by atoms with Crippen LogP contribution in [0.3, 0.4) is 0 Å². The zero-order valence-electron chi connectivity index (χ0n) is 20.0. The van der Waals surface area contributed by atoms with Gasteiger partial charge in [0.1, 0.15) is 5.75 Å². The highest BCUT2D eigenvalue weighted by Gasteiger charge is 2.18. The van der Waals surface area contributed by atoms with Crippen molar-refractivity contribution in [3.8, 4) is 5.75 Å². The van der Waals surface area contributed by atoms with Gasteiger partial charge in [-0.2, -0.15) is 0 Å². The van der Waals surface area contributed by atoms with Gasteiger partial charge in [-0.05, 0) is 66.6 Å². The van der Waals surface area contributed by atoms with Crippen LogP contribution >= 0.6 is 11.3 Å². The number of hydrogen-bond acceptors (Lipinski definition) is 7. The van der Waals surface area contributed by atoms with Gasteiger partial charge in [0, 0.05) is 54.1 Å². The van der Waals surface area contributed by atoms with Crippen molar-refractivity contribution in [2.75, 3.05) is 44.2 Å². The molecule has 188 valence electrons.